The number of nitrogens with one attached hydrogen (secondary N) is 1. The van der Waals surface area contributed by atoms with Gasteiger partial charge in [0.15, 0.2) is 0 Å². The van der Waals surface area contributed by atoms with E-state index >= 15 is 0 Å². The van der Waals surface area contributed by atoms with Gasteiger partial charge in [-0.05, 0) is 66.9 Å². The fraction of sp³-hybridized carbons (Fsp3) is 0.100. The van der Waals surface area contributed by atoms with Crippen LogP contribution in [0.4, 0.5) is 5.69 Å². The number of carbonyl (C=O) groups is 1. The molecule has 178 valence electrons. The summed E-state index contributed by atoms with van der Waals surface area (Å²) in [5, 5.41) is 7.62. The molecule has 0 bridgehead atoms. The predicted molar refractivity (Wildman–Crippen MR) is 139 cm³/mol. The van der Waals surface area contributed by atoms with E-state index in [1.807, 2.05) is 85.8 Å². The molecular weight excluding hydrogens is 452 g/mol. The van der Waals surface area contributed by atoms with Crippen LogP contribution in [0.5, 0.6) is 11.5 Å². The minimum atomic E-state index is -0.513. The van der Waals surface area contributed by atoms with E-state index < -0.39 is 11.5 Å². The largest absolute Gasteiger partial charge is 0.457 e. The number of benzene rings is 4. The second-order valence-corrected chi connectivity index (χ2v) is 8.63. The lowest BCUT2D eigenvalue weighted by molar-refractivity contribution is -0.117. The van der Waals surface area contributed by atoms with E-state index in [1.54, 1.807) is 18.2 Å². The maximum atomic E-state index is 13.5. The van der Waals surface area contributed by atoms with Gasteiger partial charge in [0, 0.05) is 11.1 Å². The molecule has 1 atom stereocenters. The number of nitrogens with zero attached hydrogens (tertiary/aromatic N) is 1. The molecule has 4 aromatic carbocycles. The number of para-hydroxylation sites is 1. The van der Waals surface area contributed by atoms with Crippen LogP contribution < -0.4 is 15.7 Å². The highest BCUT2D eigenvalue weighted by Crippen LogP contribution is 2.28. The lowest BCUT2D eigenvalue weighted by Crippen LogP contribution is -2.23. The van der Waals surface area contributed by atoms with Crippen LogP contribution in [0.2, 0.25) is 0 Å². The van der Waals surface area contributed by atoms with Crippen molar-refractivity contribution in [1.29, 1.82) is 0 Å². The number of rotatable bonds is 7. The molecular formula is C30H24N2O4. The first kappa shape index (κ1) is 23.1. The van der Waals surface area contributed by atoms with E-state index in [4.69, 9.17) is 4.74 Å². The van der Waals surface area contributed by atoms with Crippen molar-refractivity contribution in [1.82, 2.24) is 5.16 Å². The number of anilines is 1. The Kier molecular flexibility index (Phi) is 6.58. The van der Waals surface area contributed by atoms with Crippen LogP contribution in [0, 0.1) is 6.92 Å². The number of amides is 1. The van der Waals surface area contributed by atoms with E-state index in [-0.39, 0.29) is 5.91 Å². The Morgan fingerprint density at radius 2 is 1.64 bits per heavy atom. The zero-order valence-corrected chi connectivity index (χ0v) is 19.7. The Bertz CT molecular complexity index is 1540. The van der Waals surface area contributed by atoms with Gasteiger partial charge in [-0.15, -0.1) is 0 Å². The highest BCUT2D eigenvalue weighted by atomic mass is 16.5. The minimum absolute atomic E-state index is 0.150. The van der Waals surface area contributed by atoms with Crippen LogP contribution in [-0.4, -0.2) is 11.1 Å². The first-order chi connectivity index (χ1) is 17.5. The number of hydrogen-bond acceptors (Lipinski definition) is 5. The third kappa shape index (κ3) is 5.33. The van der Waals surface area contributed by atoms with E-state index in [0.717, 1.165) is 22.4 Å². The van der Waals surface area contributed by atoms with E-state index in [1.165, 1.54) is 6.20 Å². The van der Waals surface area contributed by atoms with Crippen LogP contribution >= 0.6 is 0 Å². The van der Waals surface area contributed by atoms with Gasteiger partial charge in [0.2, 0.25) is 5.91 Å². The van der Waals surface area contributed by atoms with Crippen LogP contribution in [0.1, 0.15) is 22.6 Å². The minimum Gasteiger partial charge on any atom is -0.457 e. The van der Waals surface area contributed by atoms with Gasteiger partial charge in [-0.1, -0.05) is 65.3 Å². The predicted octanol–water partition coefficient (Wildman–Crippen LogP) is 6.25. The molecule has 0 radical (unpaired) electrons. The fourth-order valence-corrected chi connectivity index (χ4v) is 4.06. The van der Waals surface area contributed by atoms with Gasteiger partial charge in [-0.2, -0.15) is 0 Å². The molecule has 5 aromatic rings. The average molecular weight is 477 g/mol. The maximum absolute atomic E-state index is 13.5. The molecule has 36 heavy (non-hydrogen) atoms. The SMILES string of the molecule is Cc1ccc(CC(C(=O)Nc2ccc3c(=O)oncc3c2)c2ccc(Oc3ccccc3)cc2)cc1. The Morgan fingerprint density at radius 1 is 0.917 bits per heavy atom. The summed E-state index contributed by atoms with van der Waals surface area (Å²) in [5.74, 6) is 0.857. The fourth-order valence-electron chi connectivity index (χ4n) is 4.06. The molecule has 0 spiro atoms. The van der Waals surface area contributed by atoms with Crippen molar-refractivity contribution in [2.24, 2.45) is 0 Å². The summed E-state index contributed by atoms with van der Waals surface area (Å²) < 4.78 is 10.6. The molecule has 0 aliphatic rings. The van der Waals surface area contributed by atoms with E-state index in [9.17, 15) is 9.59 Å². The van der Waals surface area contributed by atoms with Gasteiger partial charge in [-0.25, -0.2) is 4.79 Å². The first-order valence-corrected chi connectivity index (χ1v) is 11.6. The molecule has 0 saturated carbocycles. The van der Waals surface area contributed by atoms with E-state index in [2.05, 4.69) is 15.0 Å². The zero-order valence-electron chi connectivity index (χ0n) is 19.7. The van der Waals surface area contributed by atoms with Crippen molar-refractivity contribution in [3.63, 3.8) is 0 Å². The number of ether oxygens (including phenoxy) is 1. The number of fused-ring (bicyclic) bond motifs is 1. The summed E-state index contributed by atoms with van der Waals surface area (Å²) in [7, 11) is 0. The van der Waals surface area contributed by atoms with Crippen molar-refractivity contribution in [3.8, 4) is 11.5 Å². The summed E-state index contributed by atoms with van der Waals surface area (Å²) in [6.45, 7) is 2.04. The Balaban J connectivity index is 1.41. The number of hydrogen-bond donors (Lipinski definition) is 1. The van der Waals surface area contributed by atoms with Gasteiger partial charge >= 0.3 is 5.63 Å². The molecule has 0 aliphatic carbocycles. The highest BCUT2D eigenvalue weighted by Gasteiger charge is 2.22. The Morgan fingerprint density at radius 3 is 2.39 bits per heavy atom. The Hall–Kier alpha value is -4.71. The topological polar surface area (TPSA) is 81.4 Å². The van der Waals surface area contributed by atoms with Crippen LogP contribution in [-0.2, 0) is 11.2 Å². The first-order valence-electron chi connectivity index (χ1n) is 11.6. The zero-order chi connectivity index (χ0) is 24.9. The normalized spacial score (nSPS) is 11.7. The van der Waals surface area contributed by atoms with Crippen molar-refractivity contribution in [2.45, 2.75) is 19.3 Å². The highest BCUT2D eigenvalue weighted by molar-refractivity contribution is 5.98. The number of aromatic nitrogens is 1. The maximum Gasteiger partial charge on any atom is 0.366 e. The van der Waals surface area contributed by atoms with Gasteiger partial charge < -0.3 is 14.6 Å². The monoisotopic (exact) mass is 476 g/mol. The number of carbonyl (C=O) groups excluding carboxylic acids is 1. The summed E-state index contributed by atoms with van der Waals surface area (Å²) in [6.07, 6.45) is 1.99. The van der Waals surface area contributed by atoms with Crippen LogP contribution in [0.3, 0.4) is 0 Å². The smallest absolute Gasteiger partial charge is 0.366 e. The van der Waals surface area contributed by atoms with Gasteiger partial charge in [0.25, 0.3) is 0 Å². The third-order valence-electron chi connectivity index (χ3n) is 6.00. The molecule has 0 fully saturated rings. The quantitative estimate of drug-likeness (QED) is 0.300. The molecule has 0 saturated heterocycles. The lowest BCUT2D eigenvalue weighted by Gasteiger charge is -2.18. The van der Waals surface area contributed by atoms with Crippen LogP contribution in [0.15, 0.2) is 113 Å². The average Bonchev–Trinajstić information content (AvgIpc) is 2.89. The third-order valence-corrected chi connectivity index (χ3v) is 6.00. The van der Waals surface area contributed by atoms with Crippen molar-refractivity contribution < 1.29 is 14.1 Å². The summed E-state index contributed by atoms with van der Waals surface area (Å²) in [5.41, 5.74) is 3.16. The molecule has 1 heterocycles. The molecule has 1 aromatic heterocycles. The Labute approximate surface area is 208 Å². The molecule has 1 N–H and O–H groups in total. The van der Waals surface area contributed by atoms with Gasteiger partial charge in [0.1, 0.15) is 11.5 Å². The van der Waals surface area contributed by atoms with Crippen molar-refractivity contribution in [3.05, 3.63) is 130 Å². The standard InChI is InChI=1S/C30H24N2O4/c1-20-7-9-21(10-8-20)17-28(22-11-14-26(15-12-22)35-25-5-3-2-4-6-25)29(33)32-24-13-16-27-23(18-24)19-31-36-30(27)34/h2-16,18-19,28H,17H2,1H3,(H,32,33). The van der Waals surface area contributed by atoms with Crippen molar-refractivity contribution >= 4 is 22.4 Å². The van der Waals surface area contributed by atoms with Crippen molar-refractivity contribution in [2.75, 3.05) is 5.32 Å². The molecule has 1 amide bonds. The summed E-state index contributed by atoms with van der Waals surface area (Å²) >= 11 is 0. The second-order valence-electron chi connectivity index (χ2n) is 8.63. The molecule has 0 aliphatic heterocycles. The molecule has 6 nitrogen and oxygen atoms in total. The lowest BCUT2D eigenvalue weighted by atomic mass is 9.90. The molecule has 6 heteroatoms. The number of aryl methyl sites for hydroxylation is 1. The summed E-state index contributed by atoms with van der Waals surface area (Å²) in [4.78, 5) is 25.4. The van der Waals surface area contributed by atoms with Crippen LogP contribution in [0.25, 0.3) is 10.8 Å². The second kappa shape index (κ2) is 10.3. The molecule has 1 unspecified atom stereocenters. The molecule has 5 rings (SSSR count). The van der Waals surface area contributed by atoms with Gasteiger partial charge in [0.05, 0.1) is 17.5 Å². The van der Waals surface area contributed by atoms with Gasteiger partial charge in [-0.3, -0.25) is 4.79 Å². The summed E-state index contributed by atoms with van der Waals surface area (Å²) in [6, 6.07) is 30.4. The van der Waals surface area contributed by atoms with E-state index in [0.29, 0.717) is 28.6 Å².